The average Bonchev–Trinajstić information content (AvgIpc) is 2.69. The second-order valence-electron chi connectivity index (χ2n) is 9.90. The molecular weight excluding hydrogens is 519 g/mol. The molecule has 8 nitrogen and oxygen atoms in total. The van der Waals surface area contributed by atoms with E-state index in [1.807, 2.05) is 20.8 Å². The Morgan fingerprint density at radius 3 is 2.16 bits per heavy atom. The summed E-state index contributed by atoms with van der Waals surface area (Å²) < 4.78 is 5.47. The maximum absolute atomic E-state index is 12.4. The van der Waals surface area contributed by atoms with Crippen molar-refractivity contribution in [3.8, 4) is 0 Å². The summed E-state index contributed by atoms with van der Waals surface area (Å²) in [6.45, 7) is 21.9. The van der Waals surface area contributed by atoms with Crippen molar-refractivity contribution in [3.63, 3.8) is 0 Å². The minimum absolute atomic E-state index is 0. The minimum atomic E-state index is -0.517. The quantitative estimate of drug-likeness (QED) is 0.214. The minimum Gasteiger partial charge on any atom is -0.444 e. The summed E-state index contributed by atoms with van der Waals surface area (Å²) in [7, 11) is 2.19. The average molecular weight is 569 g/mol. The number of hydrogen-bond donors (Lipinski definition) is 3. The van der Waals surface area contributed by atoms with E-state index >= 15 is 0 Å². The van der Waals surface area contributed by atoms with Gasteiger partial charge in [-0.3, -0.25) is 4.99 Å². The summed E-state index contributed by atoms with van der Waals surface area (Å²) in [4.78, 5) is 22.1. The lowest BCUT2D eigenvalue weighted by atomic mass is 9.93. The maximum atomic E-state index is 12.4. The third-order valence-electron chi connectivity index (χ3n) is 5.79. The fraction of sp³-hybridized carbons (Fsp3) is 0.913. The number of halogens is 1. The molecule has 0 aromatic heterocycles. The first-order valence-corrected chi connectivity index (χ1v) is 12.0. The number of guanidine groups is 1. The van der Waals surface area contributed by atoms with Gasteiger partial charge in [-0.05, 0) is 53.5 Å². The summed E-state index contributed by atoms with van der Waals surface area (Å²) in [5.41, 5.74) is -0.937. The summed E-state index contributed by atoms with van der Waals surface area (Å²) in [5.74, 6) is 1.32. The second kappa shape index (κ2) is 15.2. The molecule has 1 unspecified atom stereocenters. The topological polar surface area (TPSA) is 81.2 Å². The molecule has 0 radical (unpaired) electrons. The van der Waals surface area contributed by atoms with Crippen LogP contribution in [0, 0.1) is 5.92 Å². The summed E-state index contributed by atoms with van der Waals surface area (Å²) in [6, 6.07) is 0. The van der Waals surface area contributed by atoms with Gasteiger partial charge in [0.15, 0.2) is 5.96 Å². The van der Waals surface area contributed by atoms with Gasteiger partial charge >= 0.3 is 6.09 Å². The number of alkyl carbamates (subject to hydrolysis) is 1. The first-order chi connectivity index (χ1) is 14.5. The van der Waals surface area contributed by atoms with Crippen molar-refractivity contribution in [2.45, 2.75) is 72.4 Å². The summed E-state index contributed by atoms with van der Waals surface area (Å²) in [5, 5.41) is 9.90. The van der Waals surface area contributed by atoms with E-state index in [1.165, 1.54) is 0 Å². The van der Waals surface area contributed by atoms with Gasteiger partial charge in [0.25, 0.3) is 0 Å². The van der Waals surface area contributed by atoms with E-state index in [0.717, 1.165) is 64.6 Å². The number of hydrogen-bond acceptors (Lipinski definition) is 5. The van der Waals surface area contributed by atoms with Crippen LogP contribution in [0.2, 0.25) is 0 Å². The first kappa shape index (κ1) is 31.2. The van der Waals surface area contributed by atoms with Gasteiger partial charge in [-0.2, -0.15) is 0 Å². The van der Waals surface area contributed by atoms with Crippen LogP contribution in [-0.4, -0.2) is 92.4 Å². The van der Waals surface area contributed by atoms with E-state index < -0.39 is 11.1 Å². The number of carbonyl (C=O) groups excluding carboxylic acids is 1. The maximum Gasteiger partial charge on any atom is 0.408 e. The molecule has 1 aliphatic heterocycles. The number of likely N-dealkylation sites (N-methyl/N-ethyl adjacent to an activating group) is 1. The molecule has 1 amide bonds. The SMILES string of the molecule is CCNC(=NCC(CC)(CC)NC(=O)OC(C)(C)C)NCC(C)CN1CCN(C)CC1.I. The van der Waals surface area contributed by atoms with Crippen LogP contribution in [0.25, 0.3) is 0 Å². The van der Waals surface area contributed by atoms with Gasteiger partial charge < -0.3 is 30.5 Å². The molecule has 3 N–H and O–H groups in total. The summed E-state index contributed by atoms with van der Waals surface area (Å²) in [6.07, 6.45) is 1.18. The number of nitrogens with zero attached hydrogens (tertiary/aromatic N) is 3. The molecule has 190 valence electrons. The van der Waals surface area contributed by atoms with E-state index in [0.29, 0.717) is 12.5 Å². The zero-order valence-corrected chi connectivity index (χ0v) is 24.0. The van der Waals surface area contributed by atoms with Crippen molar-refractivity contribution in [2.24, 2.45) is 10.9 Å². The monoisotopic (exact) mass is 568 g/mol. The molecule has 0 aromatic rings. The Balaban J connectivity index is 0.00000961. The largest absolute Gasteiger partial charge is 0.444 e. The van der Waals surface area contributed by atoms with E-state index in [9.17, 15) is 4.79 Å². The molecule has 1 heterocycles. The van der Waals surface area contributed by atoms with Gasteiger partial charge in [-0.1, -0.05) is 20.8 Å². The van der Waals surface area contributed by atoms with E-state index in [2.05, 4.69) is 60.5 Å². The second-order valence-corrected chi connectivity index (χ2v) is 9.90. The van der Waals surface area contributed by atoms with Crippen molar-refractivity contribution < 1.29 is 9.53 Å². The molecule has 0 saturated carbocycles. The van der Waals surface area contributed by atoms with Gasteiger partial charge in [0.1, 0.15) is 5.60 Å². The molecule has 0 aromatic carbocycles. The molecule has 0 spiro atoms. The number of aliphatic imine (C=N–C) groups is 1. The van der Waals surface area contributed by atoms with Gasteiger partial charge in [-0.25, -0.2) is 4.79 Å². The summed E-state index contributed by atoms with van der Waals surface area (Å²) >= 11 is 0. The van der Waals surface area contributed by atoms with Crippen LogP contribution < -0.4 is 16.0 Å². The molecule has 1 fully saturated rings. The van der Waals surface area contributed by atoms with Gasteiger partial charge in [0.05, 0.1) is 12.1 Å². The van der Waals surface area contributed by atoms with Crippen LogP contribution in [0.15, 0.2) is 4.99 Å². The third-order valence-corrected chi connectivity index (χ3v) is 5.79. The van der Waals surface area contributed by atoms with Crippen molar-refractivity contribution in [2.75, 3.05) is 59.4 Å². The van der Waals surface area contributed by atoms with Crippen molar-refractivity contribution in [1.29, 1.82) is 0 Å². The highest BCUT2D eigenvalue weighted by Crippen LogP contribution is 2.17. The Morgan fingerprint density at radius 2 is 1.66 bits per heavy atom. The predicted molar refractivity (Wildman–Crippen MR) is 145 cm³/mol. The standard InChI is InChI=1S/C23H48N6O2.HI/c1-9-23(10-2,27-21(30)31-22(5,6)7)18-26-20(24-11-3)25-16-19(4)17-29-14-12-28(8)13-15-29;/h19H,9-18H2,1-8H3,(H,27,30)(H2,24,25,26);1H. The molecule has 0 bridgehead atoms. The highest BCUT2D eigenvalue weighted by molar-refractivity contribution is 14.0. The van der Waals surface area contributed by atoms with E-state index in [1.54, 1.807) is 0 Å². The number of nitrogens with one attached hydrogen (secondary N) is 3. The van der Waals surface area contributed by atoms with Crippen LogP contribution in [0.1, 0.15) is 61.3 Å². The molecule has 1 saturated heterocycles. The lowest BCUT2D eigenvalue weighted by Gasteiger charge is -2.34. The third kappa shape index (κ3) is 12.4. The number of rotatable bonds is 10. The zero-order chi connectivity index (χ0) is 23.5. The fourth-order valence-electron chi connectivity index (χ4n) is 3.59. The Labute approximate surface area is 213 Å². The molecule has 1 aliphatic rings. The zero-order valence-electron chi connectivity index (χ0n) is 21.7. The van der Waals surface area contributed by atoms with E-state index in [4.69, 9.17) is 9.73 Å². The smallest absolute Gasteiger partial charge is 0.408 e. The predicted octanol–water partition coefficient (Wildman–Crippen LogP) is 3.13. The van der Waals surface area contributed by atoms with Gasteiger partial charge in [0, 0.05) is 45.8 Å². The molecule has 0 aliphatic carbocycles. The molecule has 1 rings (SSSR count). The van der Waals surface area contributed by atoms with Crippen LogP contribution in [0.5, 0.6) is 0 Å². The Kier molecular flexibility index (Phi) is 14.8. The fourth-order valence-corrected chi connectivity index (χ4v) is 3.59. The number of piperazine rings is 1. The number of carbonyl (C=O) groups is 1. The van der Waals surface area contributed by atoms with Crippen LogP contribution in [0.4, 0.5) is 4.79 Å². The van der Waals surface area contributed by atoms with Gasteiger partial charge in [0.2, 0.25) is 0 Å². The Morgan fingerprint density at radius 1 is 1.06 bits per heavy atom. The van der Waals surface area contributed by atoms with E-state index in [-0.39, 0.29) is 30.1 Å². The van der Waals surface area contributed by atoms with Crippen LogP contribution >= 0.6 is 24.0 Å². The van der Waals surface area contributed by atoms with Crippen LogP contribution in [-0.2, 0) is 4.74 Å². The van der Waals surface area contributed by atoms with Crippen molar-refractivity contribution in [1.82, 2.24) is 25.8 Å². The molecule has 1 atom stereocenters. The number of amides is 1. The van der Waals surface area contributed by atoms with Crippen molar-refractivity contribution in [3.05, 3.63) is 0 Å². The van der Waals surface area contributed by atoms with Crippen LogP contribution in [0.3, 0.4) is 0 Å². The van der Waals surface area contributed by atoms with Crippen molar-refractivity contribution >= 4 is 36.0 Å². The number of ether oxygens (including phenoxy) is 1. The molecule has 9 heteroatoms. The Hall–Kier alpha value is -0.810. The first-order valence-electron chi connectivity index (χ1n) is 12.0. The highest BCUT2D eigenvalue weighted by Gasteiger charge is 2.30. The van der Waals surface area contributed by atoms with Gasteiger partial charge in [-0.15, -0.1) is 24.0 Å². The normalized spacial score (nSPS) is 17.3. The lowest BCUT2D eigenvalue weighted by molar-refractivity contribution is 0.0452. The Bertz CT molecular complexity index is 555. The molecule has 32 heavy (non-hydrogen) atoms. The molecular formula is C23H49IN6O2. The lowest BCUT2D eigenvalue weighted by Crippen LogP contribution is -2.52. The highest BCUT2D eigenvalue weighted by atomic mass is 127.